The zero-order valence-corrected chi connectivity index (χ0v) is 14.7. The summed E-state index contributed by atoms with van der Waals surface area (Å²) in [5, 5.41) is 18.8. The summed E-state index contributed by atoms with van der Waals surface area (Å²) in [6, 6.07) is 23.0. The number of hydrogen-bond donors (Lipinski definition) is 0. The first-order valence-corrected chi connectivity index (χ1v) is 8.44. The number of rotatable bonds is 4. The number of nitrogens with zero attached hydrogens (tertiary/aromatic N) is 2. The van der Waals surface area contributed by atoms with E-state index in [1.165, 1.54) is 24.3 Å². The van der Waals surface area contributed by atoms with Crippen LogP contribution in [0.3, 0.4) is 0 Å². The maximum absolute atomic E-state index is 13.1. The molecule has 0 heterocycles. The average molecular weight is 368 g/mol. The van der Waals surface area contributed by atoms with Crippen LogP contribution in [0.25, 0.3) is 23.3 Å². The summed E-state index contributed by atoms with van der Waals surface area (Å²) in [7, 11) is 0. The van der Waals surface area contributed by atoms with Crippen molar-refractivity contribution in [1.82, 2.24) is 0 Å². The van der Waals surface area contributed by atoms with Gasteiger partial charge in [0, 0.05) is 0 Å². The lowest BCUT2D eigenvalue weighted by molar-refractivity contribution is 0.627. The Bertz CT molecular complexity index is 1020. The van der Waals surface area contributed by atoms with Crippen molar-refractivity contribution in [2.24, 2.45) is 0 Å². The second-order valence-corrected chi connectivity index (χ2v) is 6.02. The SMILES string of the molecule is N#C/C(=C\c1ccc(/C=C(\C#N)c2ccc(F)cc2)cc1)c1ccc(F)cc1. The number of nitriles is 2. The Hall–Kier alpha value is -4.02. The molecule has 0 aliphatic rings. The van der Waals surface area contributed by atoms with Gasteiger partial charge in [0.1, 0.15) is 11.6 Å². The Morgan fingerprint density at radius 2 is 0.893 bits per heavy atom. The van der Waals surface area contributed by atoms with E-state index < -0.39 is 0 Å². The molecule has 0 aliphatic carbocycles. The van der Waals surface area contributed by atoms with Crippen molar-refractivity contribution >= 4 is 23.3 Å². The smallest absolute Gasteiger partial charge is 0.123 e. The Kier molecular flexibility index (Phi) is 5.75. The summed E-state index contributed by atoms with van der Waals surface area (Å²) in [5.41, 5.74) is 3.73. The molecule has 0 unspecified atom stereocenters. The summed E-state index contributed by atoms with van der Waals surface area (Å²) in [6.07, 6.45) is 3.43. The van der Waals surface area contributed by atoms with Gasteiger partial charge in [-0.15, -0.1) is 0 Å². The van der Waals surface area contributed by atoms with E-state index in [0.29, 0.717) is 22.3 Å². The third-order valence-electron chi connectivity index (χ3n) is 4.11. The zero-order valence-electron chi connectivity index (χ0n) is 14.7. The van der Waals surface area contributed by atoms with E-state index in [1.807, 2.05) is 24.3 Å². The van der Waals surface area contributed by atoms with E-state index >= 15 is 0 Å². The van der Waals surface area contributed by atoms with Crippen molar-refractivity contribution in [1.29, 1.82) is 10.5 Å². The molecule has 3 aromatic rings. The normalized spacial score (nSPS) is 11.6. The van der Waals surface area contributed by atoms with E-state index in [1.54, 1.807) is 36.4 Å². The minimum absolute atomic E-state index is 0.355. The van der Waals surface area contributed by atoms with Crippen molar-refractivity contribution in [3.05, 3.63) is 107 Å². The molecule has 4 heteroatoms. The van der Waals surface area contributed by atoms with E-state index in [-0.39, 0.29) is 11.6 Å². The van der Waals surface area contributed by atoms with Crippen LogP contribution in [0.4, 0.5) is 8.78 Å². The lowest BCUT2D eigenvalue weighted by Gasteiger charge is -2.02. The Morgan fingerprint density at radius 3 is 1.18 bits per heavy atom. The number of hydrogen-bond acceptors (Lipinski definition) is 2. The van der Waals surface area contributed by atoms with Crippen molar-refractivity contribution < 1.29 is 8.78 Å². The molecule has 0 saturated heterocycles. The van der Waals surface area contributed by atoms with Gasteiger partial charge in [0.2, 0.25) is 0 Å². The van der Waals surface area contributed by atoms with Gasteiger partial charge in [-0.25, -0.2) is 8.78 Å². The van der Waals surface area contributed by atoms with Crippen LogP contribution in [0, 0.1) is 34.3 Å². The fourth-order valence-corrected chi connectivity index (χ4v) is 2.64. The van der Waals surface area contributed by atoms with Crippen molar-refractivity contribution in [2.75, 3.05) is 0 Å². The number of allylic oxidation sites excluding steroid dienone is 2. The highest BCUT2D eigenvalue weighted by molar-refractivity contribution is 5.91. The van der Waals surface area contributed by atoms with Gasteiger partial charge in [-0.1, -0.05) is 48.5 Å². The zero-order chi connectivity index (χ0) is 19.9. The molecule has 134 valence electrons. The van der Waals surface area contributed by atoms with E-state index in [4.69, 9.17) is 0 Å². The Morgan fingerprint density at radius 1 is 0.571 bits per heavy atom. The molecule has 3 rings (SSSR count). The topological polar surface area (TPSA) is 47.6 Å². The first-order valence-electron chi connectivity index (χ1n) is 8.44. The largest absolute Gasteiger partial charge is 0.207 e. The molecule has 2 nitrogen and oxygen atoms in total. The van der Waals surface area contributed by atoms with Gasteiger partial charge >= 0.3 is 0 Å². The van der Waals surface area contributed by atoms with Crippen molar-refractivity contribution in [2.45, 2.75) is 0 Å². The van der Waals surface area contributed by atoms with Gasteiger partial charge in [0.15, 0.2) is 0 Å². The summed E-state index contributed by atoms with van der Waals surface area (Å²) < 4.78 is 26.1. The summed E-state index contributed by atoms with van der Waals surface area (Å²) >= 11 is 0. The fourth-order valence-electron chi connectivity index (χ4n) is 2.64. The van der Waals surface area contributed by atoms with E-state index in [0.717, 1.165) is 11.1 Å². The molecule has 28 heavy (non-hydrogen) atoms. The van der Waals surface area contributed by atoms with Gasteiger partial charge in [0.25, 0.3) is 0 Å². The van der Waals surface area contributed by atoms with E-state index in [2.05, 4.69) is 12.1 Å². The average Bonchev–Trinajstić information content (AvgIpc) is 2.73. The Balaban J connectivity index is 1.86. The second-order valence-electron chi connectivity index (χ2n) is 6.02. The molecule has 0 aromatic heterocycles. The maximum atomic E-state index is 13.1. The first kappa shape index (κ1) is 18.8. The highest BCUT2D eigenvalue weighted by atomic mass is 19.1. The predicted octanol–water partition coefficient (Wildman–Crippen LogP) is 6.09. The van der Waals surface area contributed by atoms with Gasteiger partial charge in [-0.05, 0) is 58.7 Å². The van der Waals surface area contributed by atoms with Crippen LogP contribution < -0.4 is 0 Å². The second kappa shape index (κ2) is 8.58. The van der Waals surface area contributed by atoms with Crippen LogP contribution in [0.2, 0.25) is 0 Å². The molecule has 0 saturated carbocycles. The van der Waals surface area contributed by atoms with Crippen molar-refractivity contribution in [3.8, 4) is 12.1 Å². The lowest BCUT2D eigenvalue weighted by Crippen LogP contribution is -1.85. The van der Waals surface area contributed by atoms with Crippen LogP contribution in [0.1, 0.15) is 22.3 Å². The molecule has 0 fully saturated rings. The number of halogens is 2. The lowest BCUT2D eigenvalue weighted by atomic mass is 10.0. The van der Waals surface area contributed by atoms with Crippen LogP contribution in [-0.4, -0.2) is 0 Å². The molecular formula is C24H14F2N2. The molecule has 0 amide bonds. The molecule has 0 N–H and O–H groups in total. The highest BCUT2D eigenvalue weighted by Gasteiger charge is 2.03. The maximum Gasteiger partial charge on any atom is 0.123 e. The minimum atomic E-state index is -0.355. The number of benzene rings is 3. The molecule has 0 aliphatic heterocycles. The summed E-state index contributed by atoms with van der Waals surface area (Å²) in [5.74, 6) is -0.710. The molecule has 0 radical (unpaired) electrons. The monoisotopic (exact) mass is 368 g/mol. The van der Waals surface area contributed by atoms with Gasteiger partial charge in [-0.2, -0.15) is 10.5 Å². The molecule has 0 bridgehead atoms. The molecular weight excluding hydrogens is 354 g/mol. The van der Waals surface area contributed by atoms with E-state index in [9.17, 15) is 19.3 Å². The Labute approximate surface area is 161 Å². The van der Waals surface area contributed by atoms with Gasteiger partial charge in [-0.3, -0.25) is 0 Å². The standard InChI is InChI=1S/C24H14F2N2/c25-23-9-5-19(6-10-23)21(15-27)13-17-1-2-18(4-3-17)14-22(16-28)20-7-11-24(26)12-8-20/h1-14H/b21-13+,22-14+. The summed E-state index contributed by atoms with van der Waals surface area (Å²) in [6.45, 7) is 0. The predicted molar refractivity (Wildman–Crippen MR) is 106 cm³/mol. The van der Waals surface area contributed by atoms with Crippen LogP contribution in [0.15, 0.2) is 72.8 Å². The van der Waals surface area contributed by atoms with Crippen LogP contribution >= 0.6 is 0 Å². The van der Waals surface area contributed by atoms with Crippen LogP contribution in [0.5, 0.6) is 0 Å². The fraction of sp³-hybridized carbons (Fsp3) is 0. The molecule has 0 atom stereocenters. The van der Waals surface area contributed by atoms with Gasteiger partial charge < -0.3 is 0 Å². The minimum Gasteiger partial charge on any atom is -0.207 e. The highest BCUT2D eigenvalue weighted by Crippen LogP contribution is 2.21. The first-order chi connectivity index (χ1) is 13.6. The quantitative estimate of drug-likeness (QED) is 0.413. The molecule has 0 spiro atoms. The van der Waals surface area contributed by atoms with Gasteiger partial charge in [0.05, 0.1) is 23.3 Å². The summed E-state index contributed by atoms with van der Waals surface area (Å²) in [4.78, 5) is 0. The molecule has 3 aromatic carbocycles. The van der Waals surface area contributed by atoms with Crippen molar-refractivity contribution in [3.63, 3.8) is 0 Å². The van der Waals surface area contributed by atoms with Crippen LogP contribution in [-0.2, 0) is 0 Å². The third-order valence-corrected chi connectivity index (χ3v) is 4.11. The third kappa shape index (κ3) is 4.58.